The van der Waals surface area contributed by atoms with Crippen molar-refractivity contribution in [1.29, 1.82) is 0 Å². The van der Waals surface area contributed by atoms with Gasteiger partial charge in [-0.2, -0.15) is 0 Å². The lowest BCUT2D eigenvalue weighted by molar-refractivity contribution is 0.0770. The normalized spacial score (nSPS) is 26.8. The van der Waals surface area contributed by atoms with E-state index in [0.717, 1.165) is 19.5 Å². The largest absolute Gasteiger partial charge is 0.311 e. The molecule has 0 radical (unpaired) electrons. The van der Waals surface area contributed by atoms with Gasteiger partial charge in [-0.25, -0.2) is 8.42 Å². The Kier molecular flexibility index (Phi) is 5.32. The predicted octanol–water partition coefficient (Wildman–Crippen LogP) is 1.91. The first kappa shape index (κ1) is 17.9. The van der Waals surface area contributed by atoms with Crippen LogP contribution in [0.5, 0.6) is 0 Å². The molecule has 0 aromatic heterocycles. The van der Waals surface area contributed by atoms with Gasteiger partial charge < -0.3 is 5.32 Å². The fourth-order valence-corrected chi connectivity index (χ4v) is 3.04. The molecule has 0 saturated carbocycles. The molecule has 0 aliphatic carbocycles. The summed E-state index contributed by atoms with van der Waals surface area (Å²) in [6.45, 7) is 15.0. The minimum absolute atomic E-state index is 0.187. The van der Waals surface area contributed by atoms with Crippen molar-refractivity contribution in [3.63, 3.8) is 0 Å². The first-order valence-electron chi connectivity index (χ1n) is 7.55. The fraction of sp³-hybridized carbons (Fsp3) is 1.00. The minimum atomic E-state index is -3.05. The molecule has 0 bridgehead atoms. The number of nitrogens with zero attached hydrogens (tertiary/aromatic N) is 1. The smallest absolute Gasteiger partial charge is 0.153 e. The van der Waals surface area contributed by atoms with E-state index in [1.165, 1.54) is 6.26 Å². The molecule has 1 fully saturated rings. The molecule has 2 atom stereocenters. The van der Waals surface area contributed by atoms with E-state index >= 15 is 0 Å². The zero-order chi connectivity index (χ0) is 15.8. The summed E-state index contributed by atoms with van der Waals surface area (Å²) in [5.41, 5.74) is 0.187. The first-order chi connectivity index (χ1) is 8.88. The second-order valence-electron chi connectivity index (χ2n) is 7.85. The van der Waals surface area contributed by atoms with Crippen molar-refractivity contribution in [2.45, 2.75) is 64.8 Å². The average Bonchev–Trinajstić information content (AvgIpc) is 2.25. The summed E-state index contributed by atoms with van der Waals surface area (Å²) in [6.07, 6.45) is 2.39. The van der Waals surface area contributed by atoms with Gasteiger partial charge in [0.2, 0.25) is 0 Å². The van der Waals surface area contributed by atoms with Gasteiger partial charge in [-0.1, -0.05) is 27.7 Å². The molecule has 2 unspecified atom stereocenters. The summed E-state index contributed by atoms with van der Waals surface area (Å²) in [5.74, 6) is 0. The quantitative estimate of drug-likeness (QED) is 0.862. The van der Waals surface area contributed by atoms with Crippen LogP contribution in [0.2, 0.25) is 0 Å². The van der Waals surface area contributed by atoms with Gasteiger partial charge in [-0.3, -0.25) is 4.90 Å². The average molecular weight is 304 g/mol. The van der Waals surface area contributed by atoms with Crippen LogP contribution in [0.3, 0.4) is 0 Å². The predicted molar refractivity (Wildman–Crippen MR) is 85.8 cm³/mol. The van der Waals surface area contributed by atoms with Crippen LogP contribution in [-0.2, 0) is 9.84 Å². The molecule has 0 aromatic rings. The van der Waals surface area contributed by atoms with E-state index < -0.39 is 14.6 Å². The number of hydrogen-bond donors (Lipinski definition) is 1. The van der Waals surface area contributed by atoms with Crippen molar-refractivity contribution in [2.75, 3.05) is 25.9 Å². The van der Waals surface area contributed by atoms with Crippen LogP contribution in [0.15, 0.2) is 0 Å². The van der Waals surface area contributed by atoms with Gasteiger partial charge in [-0.15, -0.1) is 0 Å². The first-order valence-corrected chi connectivity index (χ1v) is 9.44. The maximum atomic E-state index is 12.0. The van der Waals surface area contributed by atoms with Crippen LogP contribution < -0.4 is 5.32 Å². The Hall–Kier alpha value is -0.130. The molecule has 1 aliphatic heterocycles. The molecule has 4 nitrogen and oxygen atoms in total. The lowest BCUT2D eigenvalue weighted by Gasteiger charge is -2.46. The zero-order valence-electron chi connectivity index (χ0n) is 14.2. The van der Waals surface area contributed by atoms with Gasteiger partial charge in [0.25, 0.3) is 0 Å². The minimum Gasteiger partial charge on any atom is -0.311 e. The third kappa shape index (κ3) is 4.18. The van der Waals surface area contributed by atoms with Gasteiger partial charge >= 0.3 is 0 Å². The summed E-state index contributed by atoms with van der Waals surface area (Å²) in [7, 11) is -3.05. The maximum absolute atomic E-state index is 12.0. The second kappa shape index (κ2) is 5.93. The van der Waals surface area contributed by atoms with E-state index in [2.05, 4.69) is 37.9 Å². The Bertz CT molecular complexity index is 424. The van der Waals surface area contributed by atoms with Crippen LogP contribution in [0.1, 0.15) is 48.0 Å². The van der Waals surface area contributed by atoms with Gasteiger partial charge in [0.05, 0.1) is 4.75 Å². The third-order valence-electron chi connectivity index (χ3n) is 4.64. The van der Waals surface area contributed by atoms with E-state index in [4.69, 9.17) is 0 Å². The number of nitrogens with one attached hydrogen (secondary N) is 1. The van der Waals surface area contributed by atoms with Crippen molar-refractivity contribution in [2.24, 2.45) is 5.41 Å². The topological polar surface area (TPSA) is 49.4 Å². The van der Waals surface area contributed by atoms with Crippen molar-refractivity contribution in [3.8, 4) is 0 Å². The summed E-state index contributed by atoms with van der Waals surface area (Å²) in [5, 5.41) is 3.62. The summed E-state index contributed by atoms with van der Waals surface area (Å²) >= 11 is 0. The van der Waals surface area contributed by atoms with Crippen molar-refractivity contribution >= 4 is 9.84 Å². The molecule has 20 heavy (non-hydrogen) atoms. The monoisotopic (exact) mass is 304 g/mol. The zero-order valence-corrected chi connectivity index (χ0v) is 15.0. The number of sulfone groups is 1. The lowest BCUT2D eigenvalue weighted by atomic mass is 9.84. The SMILES string of the molecule is CCC1CNC(C(C)(C)C)CN1CC(C)(C)S(C)(=O)=O. The Labute approximate surface area is 125 Å². The third-order valence-corrected chi connectivity index (χ3v) is 6.77. The molecular formula is C15H32N2O2S. The van der Waals surface area contributed by atoms with E-state index in [1.807, 2.05) is 13.8 Å². The lowest BCUT2D eigenvalue weighted by Crippen LogP contribution is -2.62. The Morgan fingerprint density at radius 3 is 2.15 bits per heavy atom. The number of hydrogen-bond acceptors (Lipinski definition) is 4. The Morgan fingerprint density at radius 1 is 1.20 bits per heavy atom. The van der Waals surface area contributed by atoms with Gasteiger partial charge in [0.1, 0.15) is 0 Å². The molecule has 0 spiro atoms. The highest BCUT2D eigenvalue weighted by atomic mass is 32.2. The highest BCUT2D eigenvalue weighted by Crippen LogP contribution is 2.27. The Balaban J connectivity index is 2.88. The Morgan fingerprint density at radius 2 is 1.75 bits per heavy atom. The molecule has 1 heterocycles. The standard InChI is InChI=1S/C15H32N2O2S/c1-8-12-9-16-13(14(2,3)4)10-17(12)11-15(5,6)20(7,18)19/h12-13,16H,8-11H2,1-7H3. The van der Waals surface area contributed by atoms with Crippen LogP contribution >= 0.6 is 0 Å². The molecule has 0 amide bonds. The van der Waals surface area contributed by atoms with Gasteiger partial charge in [-0.05, 0) is 25.7 Å². The van der Waals surface area contributed by atoms with Crippen LogP contribution in [-0.4, -0.2) is 56.0 Å². The van der Waals surface area contributed by atoms with Crippen molar-refractivity contribution < 1.29 is 8.42 Å². The summed E-state index contributed by atoms with van der Waals surface area (Å²) < 4.78 is 23.2. The fourth-order valence-electron chi connectivity index (χ4n) is 2.64. The highest BCUT2D eigenvalue weighted by Gasteiger charge is 2.39. The number of rotatable bonds is 4. The number of piperazine rings is 1. The van der Waals surface area contributed by atoms with Crippen LogP contribution in [0.4, 0.5) is 0 Å². The van der Waals surface area contributed by atoms with Gasteiger partial charge in [0, 0.05) is 38.0 Å². The molecule has 0 aromatic carbocycles. The van der Waals surface area contributed by atoms with E-state index in [9.17, 15) is 8.42 Å². The molecule has 5 heteroatoms. The van der Waals surface area contributed by atoms with Crippen LogP contribution in [0.25, 0.3) is 0 Å². The second-order valence-corrected chi connectivity index (χ2v) is 10.5. The van der Waals surface area contributed by atoms with Crippen LogP contribution in [0, 0.1) is 5.41 Å². The van der Waals surface area contributed by atoms with Crippen molar-refractivity contribution in [1.82, 2.24) is 10.2 Å². The summed E-state index contributed by atoms with van der Waals surface area (Å²) in [6, 6.07) is 0.829. The molecule has 1 aliphatic rings. The van der Waals surface area contributed by atoms with E-state index in [-0.39, 0.29) is 5.41 Å². The highest BCUT2D eigenvalue weighted by molar-refractivity contribution is 7.92. The summed E-state index contributed by atoms with van der Waals surface area (Å²) in [4.78, 5) is 2.37. The maximum Gasteiger partial charge on any atom is 0.153 e. The van der Waals surface area contributed by atoms with E-state index in [1.54, 1.807) is 0 Å². The van der Waals surface area contributed by atoms with Gasteiger partial charge in [0.15, 0.2) is 9.84 Å². The van der Waals surface area contributed by atoms with Crippen molar-refractivity contribution in [3.05, 3.63) is 0 Å². The molecule has 1 N–H and O–H groups in total. The van der Waals surface area contributed by atoms with E-state index in [0.29, 0.717) is 18.6 Å². The molecule has 1 rings (SSSR count). The molecular weight excluding hydrogens is 272 g/mol. The molecule has 1 saturated heterocycles. The molecule has 120 valence electrons.